The van der Waals surface area contributed by atoms with Gasteiger partial charge >= 0.3 is 12.1 Å². The van der Waals surface area contributed by atoms with Gasteiger partial charge < -0.3 is 18.9 Å². The van der Waals surface area contributed by atoms with E-state index in [0.717, 1.165) is 10.9 Å². The second kappa shape index (κ2) is 6.51. The lowest BCUT2D eigenvalue weighted by Crippen LogP contribution is -2.17. The fourth-order valence-electron chi connectivity index (χ4n) is 2.82. The summed E-state index contributed by atoms with van der Waals surface area (Å²) in [6.07, 6.45) is -0.280. The summed E-state index contributed by atoms with van der Waals surface area (Å²) in [5.74, 6) is -1.92. The Balaban J connectivity index is 1.66. The number of halogens is 3. The van der Waals surface area contributed by atoms with E-state index in [9.17, 15) is 18.0 Å². The molecule has 0 aliphatic carbocycles. The number of anilines is 1. The first-order valence-corrected chi connectivity index (χ1v) is 8.01. The minimum Gasteiger partial charge on any atom is -0.363 e. The van der Waals surface area contributed by atoms with Crippen LogP contribution in [-0.2, 0) is 17.5 Å². The molecule has 144 valence electrons. The van der Waals surface area contributed by atoms with Crippen molar-refractivity contribution in [3.05, 3.63) is 48.3 Å². The molecular weight excluding hydrogens is 379 g/mol. The van der Waals surface area contributed by atoms with E-state index in [1.807, 2.05) is 6.92 Å². The van der Waals surface area contributed by atoms with Crippen LogP contribution in [0.5, 0.6) is 0 Å². The molecular formula is C17H12F3N5O3. The van der Waals surface area contributed by atoms with Crippen LogP contribution in [0.15, 0.2) is 45.9 Å². The molecule has 0 aliphatic heterocycles. The van der Waals surface area contributed by atoms with Crippen molar-refractivity contribution >= 4 is 22.5 Å². The highest BCUT2D eigenvalue weighted by Crippen LogP contribution is 2.31. The minimum absolute atomic E-state index is 0.0149. The number of carbonyl (C=O) groups is 1. The fourth-order valence-corrected chi connectivity index (χ4v) is 2.82. The van der Waals surface area contributed by atoms with Crippen molar-refractivity contribution in [2.45, 2.75) is 19.6 Å². The lowest BCUT2D eigenvalue weighted by Gasteiger charge is -2.06. The molecule has 0 fully saturated rings. The molecule has 0 bridgehead atoms. The molecule has 11 heteroatoms. The summed E-state index contributed by atoms with van der Waals surface area (Å²) in [5.41, 5.74) is 2.31. The Labute approximate surface area is 154 Å². The molecule has 0 atom stereocenters. The third kappa shape index (κ3) is 3.33. The summed E-state index contributed by atoms with van der Waals surface area (Å²) in [6, 6.07) is 4.94. The number of hydrogen-bond acceptors (Lipinski definition) is 6. The van der Waals surface area contributed by atoms with Crippen LogP contribution >= 0.6 is 0 Å². The number of amides is 1. The SMILES string of the molecule is Cc1cn(CC(=O)Nc2cnoc2)c2cc(-c3noc(C(F)(F)F)n3)ccc12. The van der Waals surface area contributed by atoms with E-state index in [-0.39, 0.29) is 18.3 Å². The number of aryl methyl sites for hydroxylation is 1. The van der Waals surface area contributed by atoms with E-state index in [4.69, 9.17) is 0 Å². The summed E-state index contributed by atoms with van der Waals surface area (Å²) in [6.45, 7) is 1.85. The molecule has 4 aromatic rings. The van der Waals surface area contributed by atoms with Crippen molar-refractivity contribution in [3.8, 4) is 11.4 Å². The molecule has 1 aromatic carbocycles. The van der Waals surface area contributed by atoms with Crippen molar-refractivity contribution in [1.29, 1.82) is 0 Å². The second-order valence-electron chi connectivity index (χ2n) is 6.05. The molecule has 28 heavy (non-hydrogen) atoms. The predicted octanol–water partition coefficient (Wildman–Crippen LogP) is 3.65. The summed E-state index contributed by atoms with van der Waals surface area (Å²) in [7, 11) is 0. The van der Waals surface area contributed by atoms with E-state index >= 15 is 0 Å². The Morgan fingerprint density at radius 2 is 2.14 bits per heavy atom. The first-order chi connectivity index (χ1) is 13.3. The molecule has 1 N–H and O–H groups in total. The summed E-state index contributed by atoms with van der Waals surface area (Å²) >= 11 is 0. The zero-order chi connectivity index (χ0) is 19.9. The number of fused-ring (bicyclic) bond motifs is 1. The van der Waals surface area contributed by atoms with Crippen LogP contribution in [0.1, 0.15) is 11.5 Å². The Bertz CT molecular complexity index is 1140. The number of nitrogens with zero attached hydrogens (tertiary/aromatic N) is 4. The lowest BCUT2D eigenvalue weighted by atomic mass is 10.1. The maximum absolute atomic E-state index is 12.7. The first kappa shape index (κ1) is 17.8. The van der Waals surface area contributed by atoms with Gasteiger partial charge in [-0.25, -0.2) is 0 Å². The first-order valence-electron chi connectivity index (χ1n) is 8.01. The number of carbonyl (C=O) groups excluding carboxylic acids is 1. The Kier molecular flexibility index (Phi) is 4.13. The van der Waals surface area contributed by atoms with Crippen molar-refractivity contribution < 1.29 is 27.0 Å². The van der Waals surface area contributed by atoms with Crippen LogP contribution in [0.3, 0.4) is 0 Å². The quantitative estimate of drug-likeness (QED) is 0.570. The number of alkyl halides is 3. The van der Waals surface area contributed by atoms with Gasteiger partial charge in [0.15, 0.2) is 0 Å². The van der Waals surface area contributed by atoms with Gasteiger partial charge in [0.1, 0.15) is 18.5 Å². The van der Waals surface area contributed by atoms with Crippen molar-refractivity contribution in [2.24, 2.45) is 0 Å². The van der Waals surface area contributed by atoms with Gasteiger partial charge in [-0.05, 0) is 18.6 Å². The van der Waals surface area contributed by atoms with E-state index in [2.05, 4.69) is 29.7 Å². The van der Waals surface area contributed by atoms with Gasteiger partial charge in [-0.1, -0.05) is 22.4 Å². The van der Waals surface area contributed by atoms with Gasteiger partial charge in [-0.2, -0.15) is 18.2 Å². The van der Waals surface area contributed by atoms with Crippen LogP contribution in [0.2, 0.25) is 0 Å². The summed E-state index contributed by atoms with van der Waals surface area (Å²) in [4.78, 5) is 15.6. The van der Waals surface area contributed by atoms with E-state index in [1.165, 1.54) is 12.5 Å². The number of aromatic nitrogens is 4. The maximum Gasteiger partial charge on any atom is 0.471 e. The van der Waals surface area contributed by atoms with Gasteiger partial charge in [0.2, 0.25) is 11.7 Å². The van der Waals surface area contributed by atoms with Gasteiger partial charge in [0.25, 0.3) is 0 Å². The highest BCUT2D eigenvalue weighted by atomic mass is 19.4. The normalized spacial score (nSPS) is 11.9. The highest BCUT2D eigenvalue weighted by Gasteiger charge is 2.38. The van der Waals surface area contributed by atoms with Crippen LogP contribution in [0.25, 0.3) is 22.3 Å². The van der Waals surface area contributed by atoms with Crippen molar-refractivity contribution in [1.82, 2.24) is 19.9 Å². The molecule has 0 radical (unpaired) electrons. The molecule has 0 spiro atoms. The average molecular weight is 391 g/mol. The number of nitrogens with one attached hydrogen (secondary N) is 1. The molecule has 0 aliphatic rings. The Morgan fingerprint density at radius 1 is 1.32 bits per heavy atom. The van der Waals surface area contributed by atoms with Crippen molar-refractivity contribution in [2.75, 3.05) is 5.32 Å². The molecule has 0 saturated carbocycles. The van der Waals surface area contributed by atoms with Crippen LogP contribution in [0.4, 0.5) is 18.9 Å². The molecule has 1 amide bonds. The topological polar surface area (TPSA) is 99.0 Å². The van der Waals surface area contributed by atoms with Crippen molar-refractivity contribution in [3.63, 3.8) is 0 Å². The minimum atomic E-state index is -4.72. The molecule has 8 nitrogen and oxygen atoms in total. The van der Waals surface area contributed by atoms with Crippen LogP contribution < -0.4 is 5.32 Å². The molecule has 3 aromatic heterocycles. The maximum atomic E-state index is 12.7. The second-order valence-corrected chi connectivity index (χ2v) is 6.05. The van der Waals surface area contributed by atoms with E-state index in [0.29, 0.717) is 16.8 Å². The Morgan fingerprint density at radius 3 is 2.82 bits per heavy atom. The molecule has 0 saturated heterocycles. The smallest absolute Gasteiger partial charge is 0.363 e. The number of rotatable bonds is 4. The summed E-state index contributed by atoms with van der Waals surface area (Å²) < 4.78 is 48.7. The monoisotopic (exact) mass is 391 g/mol. The Hall–Kier alpha value is -3.63. The van der Waals surface area contributed by atoms with Gasteiger partial charge in [0.05, 0.1) is 6.20 Å². The van der Waals surface area contributed by atoms with E-state index in [1.54, 1.807) is 29.0 Å². The van der Waals surface area contributed by atoms with Crippen LogP contribution in [0, 0.1) is 6.92 Å². The van der Waals surface area contributed by atoms with Gasteiger partial charge in [0, 0.05) is 22.7 Å². The zero-order valence-electron chi connectivity index (χ0n) is 14.3. The molecule has 3 heterocycles. The molecule has 0 unspecified atom stereocenters. The third-order valence-electron chi connectivity index (χ3n) is 4.04. The number of hydrogen-bond donors (Lipinski definition) is 1. The zero-order valence-corrected chi connectivity index (χ0v) is 14.3. The molecule has 4 rings (SSSR count). The number of benzene rings is 1. The fraction of sp³-hybridized carbons (Fsp3) is 0.176. The average Bonchev–Trinajstić information content (AvgIpc) is 3.36. The summed E-state index contributed by atoms with van der Waals surface area (Å²) in [5, 5.41) is 10.4. The largest absolute Gasteiger partial charge is 0.471 e. The standard InChI is InChI=1S/C17H12F3N5O3/c1-9-6-25(7-14(26)22-11-5-21-27-8-11)13-4-10(2-3-12(9)13)15-23-16(28-24-15)17(18,19)20/h2-6,8H,7H2,1H3,(H,22,26). The lowest BCUT2D eigenvalue weighted by molar-refractivity contribution is -0.159. The van der Waals surface area contributed by atoms with Gasteiger partial charge in [-0.15, -0.1) is 0 Å². The van der Waals surface area contributed by atoms with E-state index < -0.39 is 12.1 Å². The third-order valence-corrected chi connectivity index (χ3v) is 4.04. The van der Waals surface area contributed by atoms with Gasteiger partial charge in [-0.3, -0.25) is 4.79 Å². The van der Waals surface area contributed by atoms with Crippen LogP contribution in [-0.4, -0.2) is 25.8 Å². The predicted molar refractivity (Wildman–Crippen MR) is 90.1 cm³/mol. The highest BCUT2D eigenvalue weighted by molar-refractivity contribution is 5.93.